The quantitative estimate of drug-likeness (QED) is 0.909. The van der Waals surface area contributed by atoms with Gasteiger partial charge in [-0.2, -0.15) is 0 Å². The number of aryl methyl sites for hydroxylation is 1. The first-order valence-electron chi connectivity index (χ1n) is 6.57. The number of carbonyl (C=O) groups excluding carboxylic acids is 1. The summed E-state index contributed by atoms with van der Waals surface area (Å²) in [7, 11) is 0. The molecule has 1 unspecified atom stereocenters. The van der Waals surface area contributed by atoms with E-state index >= 15 is 0 Å². The van der Waals surface area contributed by atoms with E-state index < -0.39 is 5.91 Å². The van der Waals surface area contributed by atoms with Crippen molar-refractivity contribution in [1.82, 2.24) is 0 Å². The van der Waals surface area contributed by atoms with E-state index in [9.17, 15) is 4.79 Å². The van der Waals surface area contributed by atoms with Crippen LogP contribution in [0.4, 0.5) is 5.69 Å². The van der Waals surface area contributed by atoms with Gasteiger partial charge in [-0.25, -0.2) is 0 Å². The number of anilines is 1. The molecule has 0 aliphatic heterocycles. The molecule has 104 valence electrons. The van der Waals surface area contributed by atoms with Crippen LogP contribution in [0.15, 0.2) is 34.9 Å². The number of fused-ring (bicyclic) bond motifs is 1. The Balaban J connectivity index is 1.89. The van der Waals surface area contributed by atoms with Crippen LogP contribution in [0.3, 0.4) is 0 Å². The van der Waals surface area contributed by atoms with E-state index in [-0.39, 0.29) is 6.04 Å². The Kier molecular flexibility index (Phi) is 3.40. The fourth-order valence-electron chi connectivity index (χ4n) is 2.61. The molecule has 20 heavy (non-hydrogen) atoms. The standard InChI is InChI=1S/C15H15ClN2O2/c16-11-5-4-9(15(17)19)8-13(11)18-12-2-1-3-14-10(12)6-7-20-14/h4-8,12,18H,1-3H2,(H2,17,19). The van der Waals surface area contributed by atoms with Crippen molar-refractivity contribution < 1.29 is 9.21 Å². The number of rotatable bonds is 3. The number of nitrogens with one attached hydrogen (secondary N) is 1. The third-order valence-corrected chi connectivity index (χ3v) is 3.96. The number of carbonyl (C=O) groups is 1. The van der Waals surface area contributed by atoms with Crippen LogP contribution in [0.2, 0.25) is 5.02 Å². The van der Waals surface area contributed by atoms with Crippen LogP contribution in [0, 0.1) is 0 Å². The van der Waals surface area contributed by atoms with Gasteiger partial charge in [-0.05, 0) is 37.1 Å². The lowest BCUT2D eigenvalue weighted by Gasteiger charge is -2.24. The number of amides is 1. The highest BCUT2D eigenvalue weighted by Crippen LogP contribution is 2.35. The van der Waals surface area contributed by atoms with E-state index in [1.54, 1.807) is 24.5 Å². The molecule has 3 N–H and O–H groups in total. The van der Waals surface area contributed by atoms with Gasteiger partial charge in [0.15, 0.2) is 0 Å². The van der Waals surface area contributed by atoms with Crippen molar-refractivity contribution >= 4 is 23.2 Å². The van der Waals surface area contributed by atoms with Crippen molar-refractivity contribution in [2.24, 2.45) is 5.73 Å². The maximum Gasteiger partial charge on any atom is 0.248 e. The summed E-state index contributed by atoms with van der Waals surface area (Å²) in [5, 5.41) is 3.96. The number of primary amides is 1. The molecule has 1 heterocycles. The molecule has 3 rings (SSSR count). The van der Waals surface area contributed by atoms with Crippen molar-refractivity contribution in [3.63, 3.8) is 0 Å². The third kappa shape index (κ3) is 2.39. The minimum absolute atomic E-state index is 0.151. The summed E-state index contributed by atoms with van der Waals surface area (Å²) >= 11 is 6.18. The molecular weight excluding hydrogens is 276 g/mol. The fourth-order valence-corrected chi connectivity index (χ4v) is 2.79. The van der Waals surface area contributed by atoms with Gasteiger partial charge in [0.1, 0.15) is 5.76 Å². The van der Waals surface area contributed by atoms with Gasteiger partial charge in [0.05, 0.1) is 23.0 Å². The third-order valence-electron chi connectivity index (χ3n) is 3.63. The molecule has 0 saturated heterocycles. The average molecular weight is 291 g/mol. The maximum atomic E-state index is 11.3. The van der Waals surface area contributed by atoms with Crippen LogP contribution >= 0.6 is 11.6 Å². The molecule has 1 amide bonds. The summed E-state index contributed by atoms with van der Waals surface area (Å²) in [6, 6.07) is 7.14. The number of furan rings is 1. The number of hydrogen-bond acceptors (Lipinski definition) is 3. The van der Waals surface area contributed by atoms with E-state index in [0.29, 0.717) is 10.6 Å². The summed E-state index contributed by atoms with van der Waals surface area (Å²) in [5.41, 5.74) is 7.63. The molecule has 2 aromatic rings. The van der Waals surface area contributed by atoms with Crippen LogP contribution in [0.5, 0.6) is 0 Å². The van der Waals surface area contributed by atoms with E-state index in [1.165, 1.54) is 0 Å². The molecule has 1 aliphatic rings. The predicted molar refractivity (Wildman–Crippen MR) is 78.0 cm³/mol. The topological polar surface area (TPSA) is 68.3 Å². The van der Waals surface area contributed by atoms with Gasteiger partial charge in [0.2, 0.25) is 5.91 Å². The first-order chi connectivity index (χ1) is 9.65. The van der Waals surface area contributed by atoms with Gasteiger partial charge in [0.25, 0.3) is 0 Å². The highest BCUT2D eigenvalue weighted by Gasteiger charge is 2.23. The molecule has 0 spiro atoms. The first-order valence-corrected chi connectivity index (χ1v) is 6.95. The predicted octanol–water partition coefficient (Wildman–Crippen LogP) is 3.52. The van der Waals surface area contributed by atoms with E-state index in [4.69, 9.17) is 21.8 Å². The zero-order valence-electron chi connectivity index (χ0n) is 10.9. The lowest BCUT2D eigenvalue weighted by Crippen LogP contribution is -2.17. The van der Waals surface area contributed by atoms with Crippen LogP contribution in [-0.4, -0.2) is 5.91 Å². The van der Waals surface area contributed by atoms with Gasteiger partial charge in [0, 0.05) is 17.5 Å². The highest BCUT2D eigenvalue weighted by molar-refractivity contribution is 6.33. The molecule has 5 heteroatoms. The maximum absolute atomic E-state index is 11.3. The van der Waals surface area contributed by atoms with Crippen molar-refractivity contribution in [2.75, 3.05) is 5.32 Å². The van der Waals surface area contributed by atoms with E-state index in [2.05, 4.69) is 5.32 Å². The molecule has 1 aliphatic carbocycles. The Labute approximate surface area is 121 Å². The smallest absolute Gasteiger partial charge is 0.248 e. The van der Waals surface area contributed by atoms with E-state index in [1.807, 2.05) is 6.07 Å². The van der Waals surface area contributed by atoms with Crippen molar-refractivity contribution in [2.45, 2.75) is 25.3 Å². The first kappa shape index (κ1) is 13.1. The van der Waals surface area contributed by atoms with Crippen LogP contribution in [0.1, 0.15) is 40.6 Å². The van der Waals surface area contributed by atoms with Crippen molar-refractivity contribution in [3.8, 4) is 0 Å². The summed E-state index contributed by atoms with van der Waals surface area (Å²) in [6.45, 7) is 0. The summed E-state index contributed by atoms with van der Waals surface area (Å²) in [4.78, 5) is 11.3. The summed E-state index contributed by atoms with van der Waals surface area (Å²) in [5.74, 6) is 0.563. The minimum Gasteiger partial charge on any atom is -0.469 e. The Hall–Kier alpha value is -1.94. The number of nitrogens with two attached hydrogens (primary N) is 1. The van der Waals surface area contributed by atoms with Gasteiger partial charge >= 0.3 is 0 Å². The van der Waals surface area contributed by atoms with Gasteiger partial charge in [-0.1, -0.05) is 11.6 Å². The molecule has 0 saturated carbocycles. The second-order valence-corrected chi connectivity index (χ2v) is 5.35. The van der Waals surface area contributed by atoms with Gasteiger partial charge < -0.3 is 15.5 Å². The summed E-state index contributed by atoms with van der Waals surface area (Å²) in [6.07, 6.45) is 4.75. The average Bonchev–Trinajstić information content (AvgIpc) is 2.90. The molecule has 4 nitrogen and oxygen atoms in total. The number of benzene rings is 1. The molecule has 1 aromatic heterocycles. The second kappa shape index (κ2) is 5.21. The Morgan fingerprint density at radius 2 is 2.25 bits per heavy atom. The van der Waals surface area contributed by atoms with Crippen molar-refractivity contribution in [3.05, 3.63) is 52.4 Å². The van der Waals surface area contributed by atoms with E-state index in [0.717, 1.165) is 36.3 Å². The summed E-state index contributed by atoms with van der Waals surface area (Å²) < 4.78 is 5.47. The zero-order valence-corrected chi connectivity index (χ0v) is 11.6. The zero-order chi connectivity index (χ0) is 14.1. The Bertz CT molecular complexity index is 651. The van der Waals surface area contributed by atoms with Gasteiger partial charge in [-0.15, -0.1) is 0 Å². The molecule has 0 bridgehead atoms. The van der Waals surface area contributed by atoms with Crippen LogP contribution in [-0.2, 0) is 6.42 Å². The van der Waals surface area contributed by atoms with Gasteiger partial charge in [-0.3, -0.25) is 4.79 Å². The molecule has 0 fully saturated rings. The molecule has 0 radical (unpaired) electrons. The molecule has 1 aromatic carbocycles. The Morgan fingerprint density at radius 1 is 1.40 bits per heavy atom. The lowest BCUT2D eigenvalue weighted by atomic mass is 9.93. The largest absolute Gasteiger partial charge is 0.469 e. The normalized spacial score (nSPS) is 17.6. The van der Waals surface area contributed by atoms with Crippen molar-refractivity contribution in [1.29, 1.82) is 0 Å². The molecule has 1 atom stereocenters. The van der Waals surface area contributed by atoms with Crippen LogP contribution < -0.4 is 11.1 Å². The Morgan fingerprint density at radius 3 is 3.05 bits per heavy atom. The van der Waals surface area contributed by atoms with Crippen LogP contribution in [0.25, 0.3) is 0 Å². The second-order valence-electron chi connectivity index (χ2n) is 4.95. The molecular formula is C15H15ClN2O2. The minimum atomic E-state index is -0.461. The number of halogens is 1. The number of hydrogen-bond donors (Lipinski definition) is 2. The highest BCUT2D eigenvalue weighted by atomic mass is 35.5. The SMILES string of the molecule is NC(=O)c1ccc(Cl)c(NC2CCCc3occc32)c1. The fraction of sp³-hybridized carbons (Fsp3) is 0.267. The lowest BCUT2D eigenvalue weighted by molar-refractivity contribution is 0.100. The monoisotopic (exact) mass is 290 g/mol.